The average Bonchev–Trinajstić information content (AvgIpc) is 2.36. The molecule has 0 fully saturated rings. The van der Waals surface area contributed by atoms with Gasteiger partial charge >= 0.3 is 0 Å². The summed E-state index contributed by atoms with van der Waals surface area (Å²) in [5.41, 5.74) is 0.708. The summed E-state index contributed by atoms with van der Waals surface area (Å²) in [7, 11) is 0. The van der Waals surface area contributed by atoms with Crippen LogP contribution in [-0.2, 0) is 0 Å². The number of aliphatic hydroxyl groups is 1. The Morgan fingerprint density at radius 3 is 2.42 bits per heavy atom. The molecular formula is C14H11ClF2OS. The quantitative estimate of drug-likeness (QED) is 0.876. The molecule has 0 aliphatic rings. The second kappa shape index (κ2) is 5.90. The summed E-state index contributed by atoms with van der Waals surface area (Å²) in [4.78, 5) is 1.28. The fourth-order valence-corrected chi connectivity index (χ4v) is 2.68. The lowest BCUT2D eigenvalue weighted by molar-refractivity contribution is 0.199. The van der Waals surface area contributed by atoms with E-state index in [1.807, 2.05) is 0 Å². The normalized spacial score (nSPS) is 12.5. The third kappa shape index (κ3) is 3.47. The molecule has 19 heavy (non-hydrogen) atoms. The molecule has 1 N–H and O–H groups in total. The fourth-order valence-electron chi connectivity index (χ4n) is 1.53. The molecule has 2 rings (SSSR count). The van der Waals surface area contributed by atoms with Gasteiger partial charge in [0.15, 0.2) is 11.6 Å². The molecule has 0 saturated heterocycles. The molecule has 2 aromatic carbocycles. The van der Waals surface area contributed by atoms with Crippen molar-refractivity contribution in [2.24, 2.45) is 0 Å². The van der Waals surface area contributed by atoms with Gasteiger partial charge in [-0.2, -0.15) is 0 Å². The molecule has 1 nitrogen and oxygen atoms in total. The third-order valence-corrected chi connectivity index (χ3v) is 4.05. The fraction of sp³-hybridized carbons (Fsp3) is 0.143. The molecule has 0 spiro atoms. The standard InChI is InChI=1S/C14H11ClF2OS/c1-8(18)9-2-5-14(11(15)6-9)19-10-3-4-12(16)13(17)7-10/h2-8,18H,1H3/t8-/m0/s1. The predicted molar refractivity (Wildman–Crippen MR) is 72.6 cm³/mol. The summed E-state index contributed by atoms with van der Waals surface area (Å²) < 4.78 is 25.9. The van der Waals surface area contributed by atoms with Crippen LogP contribution in [0.1, 0.15) is 18.6 Å². The first-order valence-corrected chi connectivity index (χ1v) is 6.77. The van der Waals surface area contributed by atoms with Crippen molar-refractivity contribution in [3.8, 4) is 0 Å². The molecule has 5 heteroatoms. The summed E-state index contributed by atoms with van der Waals surface area (Å²) in [6.45, 7) is 1.65. The van der Waals surface area contributed by atoms with Gasteiger partial charge in [0.25, 0.3) is 0 Å². The minimum atomic E-state index is -0.887. The summed E-state index contributed by atoms with van der Waals surface area (Å²) in [6, 6.07) is 8.85. The first kappa shape index (κ1) is 14.3. The molecule has 0 amide bonds. The van der Waals surface area contributed by atoms with E-state index in [0.29, 0.717) is 15.5 Å². The van der Waals surface area contributed by atoms with Gasteiger partial charge in [-0.25, -0.2) is 8.78 Å². The Bertz CT molecular complexity index is 602. The number of hydrogen-bond acceptors (Lipinski definition) is 2. The zero-order valence-electron chi connectivity index (χ0n) is 10.0. The molecule has 0 radical (unpaired) electrons. The number of hydrogen-bond donors (Lipinski definition) is 1. The van der Waals surface area contributed by atoms with E-state index in [1.165, 1.54) is 17.8 Å². The summed E-state index contributed by atoms with van der Waals surface area (Å²) in [5, 5.41) is 9.90. The molecule has 1 atom stereocenters. The molecule has 0 unspecified atom stereocenters. The summed E-state index contributed by atoms with van der Waals surface area (Å²) >= 11 is 7.33. The Morgan fingerprint density at radius 2 is 1.84 bits per heavy atom. The van der Waals surface area contributed by atoms with Crippen molar-refractivity contribution in [3.63, 3.8) is 0 Å². The van der Waals surface area contributed by atoms with Crippen LogP contribution in [0.3, 0.4) is 0 Å². The van der Waals surface area contributed by atoms with E-state index < -0.39 is 17.7 Å². The van der Waals surface area contributed by atoms with Crippen molar-refractivity contribution in [1.82, 2.24) is 0 Å². The Labute approximate surface area is 119 Å². The molecule has 0 heterocycles. The van der Waals surface area contributed by atoms with Gasteiger partial charge in [0, 0.05) is 9.79 Å². The van der Waals surface area contributed by atoms with E-state index in [-0.39, 0.29) is 0 Å². The Morgan fingerprint density at radius 1 is 1.11 bits per heavy atom. The zero-order chi connectivity index (χ0) is 14.0. The predicted octanol–water partition coefficient (Wildman–Crippen LogP) is 4.82. The van der Waals surface area contributed by atoms with Crippen molar-refractivity contribution in [1.29, 1.82) is 0 Å². The van der Waals surface area contributed by atoms with Gasteiger partial charge in [0.1, 0.15) is 0 Å². The third-order valence-electron chi connectivity index (χ3n) is 2.56. The van der Waals surface area contributed by atoms with Crippen molar-refractivity contribution in [2.75, 3.05) is 0 Å². The van der Waals surface area contributed by atoms with E-state index >= 15 is 0 Å². The van der Waals surface area contributed by atoms with Gasteiger partial charge in [0.2, 0.25) is 0 Å². The number of rotatable bonds is 3. The van der Waals surface area contributed by atoms with Crippen LogP contribution in [0.25, 0.3) is 0 Å². The SMILES string of the molecule is C[C@H](O)c1ccc(Sc2ccc(F)c(F)c2)c(Cl)c1. The van der Waals surface area contributed by atoms with Gasteiger partial charge in [-0.1, -0.05) is 29.4 Å². The van der Waals surface area contributed by atoms with Crippen LogP contribution in [0.15, 0.2) is 46.2 Å². The van der Waals surface area contributed by atoms with Gasteiger partial charge in [0.05, 0.1) is 11.1 Å². The molecule has 2 aromatic rings. The van der Waals surface area contributed by atoms with Gasteiger partial charge in [-0.3, -0.25) is 0 Å². The maximum absolute atomic E-state index is 13.1. The largest absolute Gasteiger partial charge is 0.389 e. The lowest BCUT2D eigenvalue weighted by atomic mass is 10.1. The van der Waals surface area contributed by atoms with E-state index in [9.17, 15) is 13.9 Å². The van der Waals surface area contributed by atoms with Gasteiger partial charge in [-0.05, 0) is 42.8 Å². The lowest BCUT2D eigenvalue weighted by Crippen LogP contribution is -1.91. The van der Waals surface area contributed by atoms with Gasteiger partial charge in [-0.15, -0.1) is 0 Å². The lowest BCUT2D eigenvalue weighted by Gasteiger charge is -2.09. The molecular weight excluding hydrogens is 290 g/mol. The van der Waals surface area contributed by atoms with Crippen LogP contribution in [-0.4, -0.2) is 5.11 Å². The number of aliphatic hydroxyl groups excluding tert-OH is 1. The highest BCUT2D eigenvalue weighted by atomic mass is 35.5. The van der Waals surface area contributed by atoms with Crippen LogP contribution in [0, 0.1) is 11.6 Å². The van der Waals surface area contributed by atoms with Crippen LogP contribution in [0.2, 0.25) is 5.02 Å². The molecule has 0 aliphatic carbocycles. The van der Waals surface area contributed by atoms with Crippen molar-refractivity contribution < 1.29 is 13.9 Å². The maximum Gasteiger partial charge on any atom is 0.159 e. The smallest absolute Gasteiger partial charge is 0.159 e. The molecule has 0 aliphatic heterocycles. The van der Waals surface area contributed by atoms with Crippen molar-refractivity contribution in [3.05, 3.63) is 58.6 Å². The second-order valence-electron chi connectivity index (χ2n) is 4.04. The molecule has 100 valence electrons. The number of halogens is 3. The van der Waals surface area contributed by atoms with E-state index in [0.717, 1.165) is 17.0 Å². The topological polar surface area (TPSA) is 20.2 Å². The van der Waals surface area contributed by atoms with Crippen molar-refractivity contribution in [2.45, 2.75) is 22.8 Å². The van der Waals surface area contributed by atoms with Crippen LogP contribution in [0.5, 0.6) is 0 Å². The molecule has 0 saturated carbocycles. The monoisotopic (exact) mass is 300 g/mol. The first-order chi connectivity index (χ1) is 8.97. The first-order valence-electron chi connectivity index (χ1n) is 5.58. The molecule has 0 bridgehead atoms. The Kier molecular flexibility index (Phi) is 4.45. The minimum Gasteiger partial charge on any atom is -0.389 e. The van der Waals surface area contributed by atoms with Gasteiger partial charge < -0.3 is 5.11 Å². The minimum absolute atomic E-state index is 0.466. The highest BCUT2D eigenvalue weighted by molar-refractivity contribution is 7.99. The maximum atomic E-state index is 13.1. The van der Waals surface area contributed by atoms with E-state index in [4.69, 9.17) is 11.6 Å². The summed E-state index contributed by atoms with van der Waals surface area (Å²) in [6.07, 6.45) is -0.597. The Hall–Kier alpha value is -1.10. The van der Waals surface area contributed by atoms with Crippen LogP contribution < -0.4 is 0 Å². The van der Waals surface area contributed by atoms with Crippen LogP contribution >= 0.6 is 23.4 Å². The summed E-state index contributed by atoms with van der Waals surface area (Å²) in [5.74, 6) is -1.76. The second-order valence-corrected chi connectivity index (χ2v) is 5.57. The van der Waals surface area contributed by atoms with E-state index in [2.05, 4.69) is 0 Å². The highest BCUT2D eigenvalue weighted by Crippen LogP contribution is 2.35. The molecule has 0 aromatic heterocycles. The van der Waals surface area contributed by atoms with Crippen LogP contribution in [0.4, 0.5) is 8.78 Å². The highest BCUT2D eigenvalue weighted by Gasteiger charge is 2.09. The zero-order valence-corrected chi connectivity index (χ0v) is 11.6. The van der Waals surface area contributed by atoms with Crippen molar-refractivity contribution >= 4 is 23.4 Å². The van der Waals surface area contributed by atoms with E-state index in [1.54, 1.807) is 25.1 Å². The Balaban J connectivity index is 2.25. The average molecular weight is 301 g/mol. The number of benzene rings is 2.